The molecule has 2 N–H and O–H groups in total. The van der Waals surface area contributed by atoms with Crippen molar-refractivity contribution in [3.63, 3.8) is 0 Å². The Labute approximate surface area is 96.8 Å². The Balaban J connectivity index is 2.35. The zero-order valence-corrected chi connectivity index (χ0v) is 9.89. The van der Waals surface area contributed by atoms with E-state index in [0.717, 1.165) is 32.7 Å². The zero-order chi connectivity index (χ0) is 12.0. The highest BCUT2D eigenvalue weighted by Gasteiger charge is 2.24. The topological polar surface area (TPSA) is 58.8 Å². The average molecular weight is 227 g/mol. The molecule has 0 aliphatic carbocycles. The smallest absolute Gasteiger partial charge is 0.241 e. The van der Waals surface area contributed by atoms with E-state index in [1.165, 1.54) is 0 Å². The van der Waals surface area contributed by atoms with Gasteiger partial charge in [0.1, 0.15) is 6.04 Å². The maximum absolute atomic E-state index is 11.8. The number of ether oxygens (including phenoxy) is 1. The van der Waals surface area contributed by atoms with Crippen molar-refractivity contribution in [2.75, 3.05) is 46.4 Å². The highest BCUT2D eigenvalue weighted by Crippen LogP contribution is 2.03. The van der Waals surface area contributed by atoms with Crippen LogP contribution < -0.4 is 5.73 Å². The SMILES string of the molecule is C=CCN1CCN(C(=O)C(N)COC)CC1. The van der Waals surface area contributed by atoms with Gasteiger partial charge in [0.05, 0.1) is 6.61 Å². The average Bonchev–Trinajstić information content (AvgIpc) is 2.30. The van der Waals surface area contributed by atoms with Crippen LogP contribution in [-0.2, 0) is 9.53 Å². The molecule has 1 saturated heterocycles. The predicted molar refractivity (Wildman–Crippen MR) is 63.1 cm³/mol. The summed E-state index contributed by atoms with van der Waals surface area (Å²) in [5, 5.41) is 0. The first kappa shape index (κ1) is 13.2. The van der Waals surface area contributed by atoms with Crippen LogP contribution in [0, 0.1) is 0 Å². The number of hydrogen-bond donors (Lipinski definition) is 1. The fourth-order valence-corrected chi connectivity index (χ4v) is 1.82. The first-order chi connectivity index (χ1) is 7.69. The molecule has 1 atom stereocenters. The molecule has 1 heterocycles. The Morgan fingerprint density at radius 2 is 2.12 bits per heavy atom. The van der Waals surface area contributed by atoms with Gasteiger partial charge in [-0.25, -0.2) is 0 Å². The molecule has 1 unspecified atom stereocenters. The van der Waals surface area contributed by atoms with Crippen molar-refractivity contribution in [1.29, 1.82) is 0 Å². The highest BCUT2D eigenvalue weighted by atomic mass is 16.5. The first-order valence-electron chi connectivity index (χ1n) is 5.55. The van der Waals surface area contributed by atoms with E-state index in [0.29, 0.717) is 0 Å². The molecule has 1 amide bonds. The number of nitrogens with zero attached hydrogens (tertiary/aromatic N) is 2. The summed E-state index contributed by atoms with van der Waals surface area (Å²) in [6.45, 7) is 8.12. The van der Waals surface area contributed by atoms with Gasteiger partial charge in [-0.15, -0.1) is 6.58 Å². The van der Waals surface area contributed by atoms with Gasteiger partial charge in [0.15, 0.2) is 0 Å². The number of hydrogen-bond acceptors (Lipinski definition) is 4. The number of nitrogens with two attached hydrogens (primary N) is 1. The Morgan fingerprint density at radius 1 is 1.50 bits per heavy atom. The van der Waals surface area contributed by atoms with Crippen molar-refractivity contribution in [3.05, 3.63) is 12.7 Å². The van der Waals surface area contributed by atoms with Crippen molar-refractivity contribution < 1.29 is 9.53 Å². The van der Waals surface area contributed by atoms with Crippen LogP contribution in [-0.4, -0.2) is 68.2 Å². The van der Waals surface area contributed by atoms with Crippen LogP contribution in [0.15, 0.2) is 12.7 Å². The van der Waals surface area contributed by atoms with E-state index < -0.39 is 6.04 Å². The number of methoxy groups -OCH3 is 1. The lowest BCUT2D eigenvalue weighted by atomic mass is 10.2. The van der Waals surface area contributed by atoms with Crippen LogP contribution in [0.4, 0.5) is 0 Å². The lowest BCUT2D eigenvalue weighted by Gasteiger charge is -2.35. The minimum Gasteiger partial charge on any atom is -0.383 e. The summed E-state index contributed by atoms with van der Waals surface area (Å²) in [5.74, 6) is -0.0138. The standard InChI is InChI=1S/C11H21N3O2/c1-3-4-13-5-7-14(8-6-13)11(15)10(12)9-16-2/h3,10H,1,4-9,12H2,2H3. The van der Waals surface area contributed by atoms with Crippen LogP contribution in [0.2, 0.25) is 0 Å². The van der Waals surface area contributed by atoms with Crippen molar-refractivity contribution in [2.45, 2.75) is 6.04 Å². The maximum Gasteiger partial charge on any atom is 0.241 e. The normalized spacial score (nSPS) is 19.5. The van der Waals surface area contributed by atoms with Gasteiger partial charge in [0.25, 0.3) is 0 Å². The van der Waals surface area contributed by atoms with Crippen LogP contribution in [0.5, 0.6) is 0 Å². The van der Waals surface area contributed by atoms with Gasteiger partial charge >= 0.3 is 0 Å². The van der Waals surface area contributed by atoms with E-state index in [2.05, 4.69) is 11.5 Å². The van der Waals surface area contributed by atoms with E-state index in [4.69, 9.17) is 10.5 Å². The fraction of sp³-hybridized carbons (Fsp3) is 0.727. The number of rotatable bonds is 5. The third-order valence-electron chi connectivity index (χ3n) is 2.73. The molecule has 1 aliphatic rings. The summed E-state index contributed by atoms with van der Waals surface area (Å²) in [6.07, 6.45) is 1.88. The summed E-state index contributed by atoms with van der Waals surface area (Å²) < 4.78 is 4.88. The van der Waals surface area contributed by atoms with E-state index in [-0.39, 0.29) is 12.5 Å². The molecule has 0 spiro atoms. The van der Waals surface area contributed by atoms with Crippen molar-refractivity contribution in [2.24, 2.45) is 5.73 Å². The van der Waals surface area contributed by atoms with Gasteiger partial charge in [-0.2, -0.15) is 0 Å². The molecule has 0 aromatic carbocycles. The van der Waals surface area contributed by atoms with Gasteiger partial charge in [-0.3, -0.25) is 9.69 Å². The maximum atomic E-state index is 11.8. The van der Waals surface area contributed by atoms with Crippen molar-refractivity contribution in [3.8, 4) is 0 Å². The van der Waals surface area contributed by atoms with E-state index in [1.807, 2.05) is 11.0 Å². The quantitative estimate of drug-likeness (QED) is 0.630. The molecule has 16 heavy (non-hydrogen) atoms. The monoisotopic (exact) mass is 227 g/mol. The predicted octanol–water partition coefficient (Wildman–Crippen LogP) is -0.710. The molecule has 0 saturated carbocycles. The van der Waals surface area contributed by atoms with Gasteiger partial charge in [0, 0.05) is 39.8 Å². The van der Waals surface area contributed by atoms with Crippen LogP contribution in [0.3, 0.4) is 0 Å². The Bertz CT molecular complexity index is 237. The van der Waals surface area contributed by atoms with E-state index in [9.17, 15) is 4.79 Å². The second-order valence-corrected chi connectivity index (χ2v) is 3.98. The molecule has 1 fully saturated rings. The summed E-state index contributed by atoms with van der Waals surface area (Å²) in [7, 11) is 1.55. The lowest BCUT2D eigenvalue weighted by molar-refractivity contribution is -0.135. The van der Waals surface area contributed by atoms with Crippen molar-refractivity contribution in [1.82, 2.24) is 9.80 Å². The minimum absolute atomic E-state index is 0.0138. The number of piperazine rings is 1. The molecule has 92 valence electrons. The molecule has 0 radical (unpaired) electrons. The van der Waals surface area contributed by atoms with Gasteiger partial charge in [-0.1, -0.05) is 6.08 Å². The second-order valence-electron chi connectivity index (χ2n) is 3.98. The van der Waals surface area contributed by atoms with E-state index in [1.54, 1.807) is 7.11 Å². The number of amides is 1. The highest BCUT2D eigenvalue weighted by molar-refractivity contribution is 5.81. The Kier molecular flexibility index (Phi) is 5.45. The Morgan fingerprint density at radius 3 is 2.62 bits per heavy atom. The number of carbonyl (C=O) groups excluding carboxylic acids is 1. The van der Waals surface area contributed by atoms with Crippen LogP contribution >= 0.6 is 0 Å². The van der Waals surface area contributed by atoms with E-state index >= 15 is 0 Å². The summed E-state index contributed by atoms with van der Waals surface area (Å²) in [6, 6.07) is -0.532. The van der Waals surface area contributed by atoms with Gasteiger partial charge in [0.2, 0.25) is 5.91 Å². The molecule has 5 heteroatoms. The molecule has 0 aromatic rings. The second kappa shape index (κ2) is 6.62. The first-order valence-corrected chi connectivity index (χ1v) is 5.55. The van der Waals surface area contributed by atoms with Gasteiger partial charge < -0.3 is 15.4 Å². The van der Waals surface area contributed by atoms with Crippen LogP contribution in [0.1, 0.15) is 0 Å². The third kappa shape index (κ3) is 3.59. The summed E-state index contributed by atoms with van der Waals surface area (Å²) in [5.41, 5.74) is 5.71. The molecule has 1 aliphatic heterocycles. The molecule has 0 aromatic heterocycles. The molecular weight excluding hydrogens is 206 g/mol. The number of carbonyl (C=O) groups is 1. The summed E-state index contributed by atoms with van der Waals surface area (Å²) in [4.78, 5) is 15.9. The largest absolute Gasteiger partial charge is 0.383 e. The van der Waals surface area contributed by atoms with Crippen LogP contribution in [0.25, 0.3) is 0 Å². The lowest BCUT2D eigenvalue weighted by Crippen LogP contribution is -2.54. The molecule has 1 rings (SSSR count). The molecule has 0 bridgehead atoms. The zero-order valence-electron chi connectivity index (χ0n) is 9.89. The fourth-order valence-electron chi connectivity index (χ4n) is 1.82. The van der Waals surface area contributed by atoms with Crippen molar-refractivity contribution >= 4 is 5.91 Å². The minimum atomic E-state index is -0.532. The van der Waals surface area contributed by atoms with Gasteiger partial charge in [-0.05, 0) is 0 Å². The Hall–Kier alpha value is -0.910. The molecular formula is C11H21N3O2. The molecule has 5 nitrogen and oxygen atoms in total. The summed E-state index contributed by atoms with van der Waals surface area (Å²) >= 11 is 0. The third-order valence-corrected chi connectivity index (χ3v) is 2.73.